The third-order valence-corrected chi connectivity index (χ3v) is 5.65. The van der Waals surface area contributed by atoms with E-state index in [2.05, 4.69) is 32.4 Å². The first-order valence-corrected chi connectivity index (χ1v) is 10.2. The van der Waals surface area contributed by atoms with E-state index in [0.717, 1.165) is 47.6 Å². The number of rotatable bonds is 3. The molecule has 0 spiro atoms. The summed E-state index contributed by atoms with van der Waals surface area (Å²) in [5, 5.41) is 9.12. The zero-order valence-corrected chi connectivity index (χ0v) is 17.2. The van der Waals surface area contributed by atoms with E-state index < -0.39 is 0 Å². The largest absolute Gasteiger partial charge is 0.382 e. The fraction of sp³-hybridized carbons (Fsp3) is 0.217. The van der Waals surface area contributed by atoms with Gasteiger partial charge in [0.25, 0.3) is 5.91 Å². The highest BCUT2D eigenvalue weighted by atomic mass is 16.1. The number of hydrogen-bond acceptors (Lipinski definition) is 7. The van der Waals surface area contributed by atoms with Crippen molar-refractivity contribution in [2.24, 2.45) is 5.10 Å². The lowest BCUT2D eigenvalue weighted by Gasteiger charge is -2.27. The fourth-order valence-electron chi connectivity index (χ4n) is 3.86. The predicted molar refractivity (Wildman–Crippen MR) is 122 cm³/mol. The van der Waals surface area contributed by atoms with E-state index >= 15 is 0 Å². The standard InChI is InChI=1S/C23H23N7O/c1-29-10-11-30(14-27-29)18-5-2-15(3-6-18)20-13-26-22(24)21(28-20)17-4-7-19-16(12-17)8-9-25-23(19)31/h2-7,12-14H,8-11H2,1H3,(H2,24,26)(H,25,31). The van der Waals surface area contributed by atoms with Gasteiger partial charge >= 0.3 is 0 Å². The Labute approximate surface area is 180 Å². The van der Waals surface area contributed by atoms with Crippen LogP contribution < -0.4 is 16.0 Å². The average molecular weight is 413 g/mol. The molecule has 156 valence electrons. The van der Waals surface area contributed by atoms with Gasteiger partial charge in [-0.1, -0.05) is 18.2 Å². The number of hydrogen-bond donors (Lipinski definition) is 2. The molecule has 0 saturated carbocycles. The first-order valence-electron chi connectivity index (χ1n) is 10.2. The summed E-state index contributed by atoms with van der Waals surface area (Å²) in [4.78, 5) is 23.3. The number of nitrogens with two attached hydrogens (primary N) is 1. The van der Waals surface area contributed by atoms with Gasteiger partial charge in [0.1, 0.15) is 17.9 Å². The van der Waals surface area contributed by atoms with E-state index in [9.17, 15) is 4.79 Å². The molecule has 5 rings (SSSR count). The molecule has 0 radical (unpaired) electrons. The summed E-state index contributed by atoms with van der Waals surface area (Å²) >= 11 is 0. The lowest BCUT2D eigenvalue weighted by atomic mass is 9.96. The van der Waals surface area contributed by atoms with Crippen molar-refractivity contribution in [3.63, 3.8) is 0 Å². The van der Waals surface area contributed by atoms with Gasteiger partial charge in [0.05, 0.1) is 18.4 Å². The highest BCUT2D eigenvalue weighted by Crippen LogP contribution is 2.29. The number of nitrogen functional groups attached to an aromatic ring is 1. The molecule has 0 saturated heterocycles. The van der Waals surface area contributed by atoms with Crippen molar-refractivity contribution in [3.05, 3.63) is 59.8 Å². The summed E-state index contributed by atoms with van der Waals surface area (Å²) in [5.74, 6) is 0.334. The van der Waals surface area contributed by atoms with E-state index in [-0.39, 0.29) is 5.91 Å². The second-order valence-electron chi connectivity index (χ2n) is 7.72. The number of benzene rings is 2. The Morgan fingerprint density at radius 3 is 2.65 bits per heavy atom. The Bertz CT molecular complexity index is 1170. The minimum Gasteiger partial charge on any atom is -0.382 e. The monoisotopic (exact) mass is 413 g/mol. The molecule has 3 N–H and O–H groups in total. The topological polar surface area (TPSA) is 99.7 Å². The van der Waals surface area contributed by atoms with E-state index in [1.165, 1.54) is 0 Å². The fourth-order valence-corrected chi connectivity index (χ4v) is 3.86. The van der Waals surface area contributed by atoms with Crippen LogP contribution >= 0.6 is 0 Å². The van der Waals surface area contributed by atoms with E-state index in [0.29, 0.717) is 23.6 Å². The molecule has 2 aliphatic heterocycles. The number of nitrogens with zero attached hydrogens (tertiary/aromatic N) is 5. The van der Waals surface area contributed by atoms with Crippen LogP contribution in [0, 0.1) is 0 Å². The van der Waals surface area contributed by atoms with Gasteiger partial charge in [-0.15, -0.1) is 0 Å². The number of carbonyl (C=O) groups is 1. The Morgan fingerprint density at radius 2 is 1.87 bits per heavy atom. The Hall–Kier alpha value is -3.94. The molecule has 0 unspecified atom stereocenters. The van der Waals surface area contributed by atoms with Crippen LogP contribution in [0.1, 0.15) is 15.9 Å². The van der Waals surface area contributed by atoms with Gasteiger partial charge in [0, 0.05) is 42.5 Å². The summed E-state index contributed by atoms with van der Waals surface area (Å²) < 4.78 is 0. The van der Waals surface area contributed by atoms with Crippen LogP contribution in [-0.2, 0) is 6.42 Å². The van der Waals surface area contributed by atoms with Crippen LogP contribution in [0.3, 0.4) is 0 Å². The Morgan fingerprint density at radius 1 is 1.06 bits per heavy atom. The summed E-state index contributed by atoms with van der Waals surface area (Å²) in [5.41, 5.74) is 12.2. The van der Waals surface area contributed by atoms with Crippen molar-refractivity contribution in [3.8, 4) is 22.5 Å². The molecule has 3 aromatic rings. The number of amides is 1. The third kappa shape index (κ3) is 3.68. The van der Waals surface area contributed by atoms with E-state index in [4.69, 9.17) is 10.7 Å². The third-order valence-electron chi connectivity index (χ3n) is 5.65. The van der Waals surface area contributed by atoms with Crippen LogP contribution in [0.2, 0.25) is 0 Å². The van der Waals surface area contributed by atoms with E-state index in [1.807, 2.05) is 48.7 Å². The van der Waals surface area contributed by atoms with Gasteiger partial charge in [-0.3, -0.25) is 9.80 Å². The molecule has 8 heteroatoms. The molecule has 0 bridgehead atoms. The van der Waals surface area contributed by atoms with Crippen LogP contribution in [0.25, 0.3) is 22.5 Å². The number of hydrazone groups is 1. The van der Waals surface area contributed by atoms with Crippen molar-refractivity contribution in [1.82, 2.24) is 20.3 Å². The van der Waals surface area contributed by atoms with Gasteiger partial charge in [-0.2, -0.15) is 5.10 Å². The molecule has 0 atom stereocenters. The molecule has 31 heavy (non-hydrogen) atoms. The maximum atomic E-state index is 12.0. The number of fused-ring (bicyclic) bond motifs is 1. The highest BCUT2D eigenvalue weighted by Gasteiger charge is 2.18. The normalized spacial score (nSPS) is 15.6. The molecular weight excluding hydrogens is 390 g/mol. The molecule has 0 fully saturated rings. The maximum Gasteiger partial charge on any atom is 0.251 e. The van der Waals surface area contributed by atoms with Crippen molar-refractivity contribution < 1.29 is 4.79 Å². The van der Waals surface area contributed by atoms with E-state index in [1.54, 1.807) is 6.20 Å². The van der Waals surface area contributed by atoms with Crippen molar-refractivity contribution in [2.45, 2.75) is 6.42 Å². The Balaban J connectivity index is 1.45. The molecular formula is C23H23N7O. The van der Waals surface area contributed by atoms with Gasteiger partial charge in [-0.05, 0) is 36.2 Å². The van der Waals surface area contributed by atoms with Crippen LogP contribution in [0.15, 0.2) is 53.8 Å². The minimum absolute atomic E-state index is 0.0360. The van der Waals surface area contributed by atoms with Gasteiger partial charge in [-0.25, -0.2) is 9.97 Å². The quantitative estimate of drug-likeness (QED) is 0.684. The van der Waals surface area contributed by atoms with Crippen molar-refractivity contribution in [2.75, 3.05) is 37.3 Å². The van der Waals surface area contributed by atoms with Gasteiger partial charge < -0.3 is 16.0 Å². The molecule has 3 heterocycles. The SMILES string of the molecule is CN1CCN(c2ccc(-c3cnc(N)c(-c4ccc5c(c4)CCNC5=O)n3)cc2)C=N1. The van der Waals surface area contributed by atoms with Gasteiger partial charge in [0.2, 0.25) is 0 Å². The summed E-state index contributed by atoms with van der Waals surface area (Å²) in [6.45, 7) is 2.41. The van der Waals surface area contributed by atoms with Crippen LogP contribution in [0.4, 0.5) is 11.5 Å². The number of carbonyl (C=O) groups excluding carboxylic acids is 1. The lowest BCUT2D eigenvalue weighted by molar-refractivity contribution is 0.0946. The highest BCUT2D eigenvalue weighted by molar-refractivity contribution is 5.97. The maximum absolute atomic E-state index is 12.0. The molecule has 0 aliphatic carbocycles. The molecule has 2 aliphatic rings. The van der Waals surface area contributed by atoms with Crippen molar-refractivity contribution >= 4 is 23.8 Å². The molecule has 2 aromatic carbocycles. The first kappa shape index (κ1) is 19.0. The minimum atomic E-state index is -0.0360. The summed E-state index contributed by atoms with van der Waals surface area (Å²) in [6.07, 6.45) is 4.33. The van der Waals surface area contributed by atoms with Crippen LogP contribution in [-0.4, -0.2) is 53.9 Å². The molecule has 8 nitrogen and oxygen atoms in total. The zero-order chi connectivity index (χ0) is 21.4. The molecule has 1 aromatic heterocycles. The summed E-state index contributed by atoms with van der Waals surface area (Å²) in [6, 6.07) is 13.9. The smallest absolute Gasteiger partial charge is 0.251 e. The average Bonchev–Trinajstić information content (AvgIpc) is 2.80. The van der Waals surface area contributed by atoms with Crippen LogP contribution in [0.5, 0.6) is 0 Å². The zero-order valence-electron chi connectivity index (χ0n) is 17.2. The van der Waals surface area contributed by atoms with Gasteiger partial charge in [0.15, 0.2) is 0 Å². The first-order chi connectivity index (χ1) is 15.1. The Kier molecular flexibility index (Phi) is 4.74. The predicted octanol–water partition coefficient (Wildman–Crippen LogP) is 2.37. The number of aromatic nitrogens is 2. The molecule has 1 amide bonds. The number of anilines is 2. The number of likely N-dealkylation sites (N-methyl/N-ethyl adjacent to an activating group) is 1. The van der Waals surface area contributed by atoms with Crippen molar-refractivity contribution in [1.29, 1.82) is 0 Å². The lowest BCUT2D eigenvalue weighted by Crippen LogP contribution is -2.35. The summed E-state index contributed by atoms with van der Waals surface area (Å²) in [7, 11) is 1.96. The second-order valence-corrected chi connectivity index (χ2v) is 7.72. The number of nitrogens with one attached hydrogen (secondary N) is 1. The second kappa shape index (κ2) is 7.71.